The van der Waals surface area contributed by atoms with Gasteiger partial charge >= 0.3 is 0 Å². The lowest BCUT2D eigenvalue weighted by atomic mass is 9.70. The average Bonchev–Trinajstić information content (AvgIpc) is 3.92. The van der Waals surface area contributed by atoms with E-state index in [4.69, 9.17) is 0 Å². The van der Waals surface area contributed by atoms with Crippen LogP contribution in [0.1, 0.15) is 22.3 Å². The van der Waals surface area contributed by atoms with Crippen molar-refractivity contribution in [3.63, 3.8) is 0 Å². The Morgan fingerprint density at radius 1 is 0.351 bits per heavy atom. The summed E-state index contributed by atoms with van der Waals surface area (Å²) in [4.78, 5) is 2.54. The van der Waals surface area contributed by atoms with Crippen molar-refractivity contribution in [2.75, 3.05) is 4.90 Å². The molecule has 10 aromatic rings. The highest BCUT2D eigenvalue weighted by molar-refractivity contribution is 7.26. The van der Waals surface area contributed by atoms with Crippen LogP contribution in [-0.2, 0) is 5.41 Å². The second kappa shape index (κ2) is 12.5. The van der Waals surface area contributed by atoms with Crippen molar-refractivity contribution >= 4 is 48.6 Å². The second-order valence-electron chi connectivity index (χ2n) is 15.2. The minimum atomic E-state index is -0.424. The summed E-state index contributed by atoms with van der Waals surface area (Å²) in [5.74, 6) is 0. The van der Waals surface area contributed by atoms with Crippen LogP contribution in [0.2, 0.25) is 0 Å². The fourth-order valence-electron chi connectivity index (χ4n) is 9.96. The van der Waals surface area contributed by atoms with E-state index < -0.39 is 5.41 Å². The van der Waals surface area contributed by atoms with Crippen molar-refractivity contribution in [2.24, 2.45) is 0 Å². The maximum absolute atomic E-state index is 2.54. The van der Waals surface area contributed by atoms with Gasteiger partial charge in [0.15, 0.2) is 0 Å². The molecule has 0 saturated carbocycles. The van der Waals surface area contributed by atoms with Gasteiger partial charge in [0.1, 0.15) is 0 Å². The summed E-state index contributed by atoms with van der Waals surface area (Å²) in [6.07, 6.45) is 0. The van der Waals surface area contributed by atoms with Crippen molar-refractivity contribution in [1.29, 1.82) is 0 Å². The molecule has 9 aromatic carbocycles. The fraction of sp³-hybridized carbons (Fsp3) is 0.0182. The van der Waals surface area contributed by atoms with E-state index in [1.807, 2.05) is 11.3 Å². The Labute approximate surface area is 336 Å². The van der Waals surface area contributed by atoms with Crippen LogP contribution in [0.3, 0.4) is 0 Å². The van der Waals surface area contributed by atoms with Gasteiger partial charge in [-0.2, -0.15) is 0 Å². The maximum Gasteiger partial charge on any atom is 0.0726 e. The number of fused-ring (bicyclic) bond motifs is 13. The quantitative estimate of drug-likeness (QED) is 0.170. The Balaban J connectivity index is 1.14. The van der Waals surface area contributed by atoms with Crippen molar-refractivity contribution in [2.45, 2.75) is 5.41 Å². The molecule has 1 heterocycles. The Kier molecular flexibility index (Phi) is 7.08. The number of anilines is 3. The maximum atomic E-state index is 2.54. The molecule has 1 spiro atoms. The molecule has 57 heavy (non-hydrogen) atoms. The molecule has 0 N–H and O–H groups in total. The molecule has 1 nitrogen and oxygen atoms in total. The van der Waals surface area contributed by atoms with Gasteiger partial charge in [-0.05, 0) is 97.6 Å². The molecule has 0 fully saturated rings. The summed E-state index contributed by atoms with van der Waals surface area (Å²) in [5.41, 5.74) is 18.6. The molecule has 0 unspecified atom stereocenters. The molecule has 2 aliphatic rings. The van der Waals surface area contributed by atoms with E-state index >= 15 is 0 Å². The van der Waals surface area contributed by atoms with Crippen molar-refractivity contribution in [3.05, 3.63) is 235 Å². The number of thiophene rings is 1. The van der Waals surface area contributed by atoms with Gasteiger partial charge in [0.25, 0.3) is 0 Å². The first-order valence-electron chi connectivity index (χ1n) is 19.7. The van der Waals surface area contributed by atoms with Gasteiger partial charge in [-0.15, -0.1) is 11.3 Å². The zero-order chi connectivity index (χ0) is 37.5. The molecule has 0 saturated heterocycles. The van der Waals surface area contributed by atoms with Gasteiger partial charge < -0.3 is 4.90 Å². The van der Waals surface area contributed by atoms with Gasteiger partial charge in [0.2, 0.25) is 0 Å². The minimum Gasteiger partial charge on any atom is -0.309 e. The second-order valence-corrected chi connectivity index (χ2v) is 16.2. The molecule has 1 aromatic heterocycles. The lowest BCUT2D eigenvalue weighted by Crippen LogP contribution is -2.26. The average molecular weight is 742 g/mol. The standard InChI is InChI=1S/C55H35NS/c1-3-15-36(16-4-1)38-29-32-40(33-30-38)56(50-27-14-28-51-54(50)44-34-31-39(35-52(44)57-51)37-17-5-2-6-18-37)49-26-13-25-48-53(49)43-21-9-12-24-47(43)55(48)45-22-10-7-19-41(45)42-20-8-11-23-46(42)55/h1-35H. The number of benzene rings is 9. The van der Waals surface area contributed by atoms with Gasteiger partial charge in [0, 0.05) is 31.4 Å². The Morgan fingerprint density at radius 2 is 0.860 bits per heavy atom. The number of hydrogen-bond donors (Lipinski definition) is 0. The summed E-state index contributed by atoms with van der Waals surface area (Å²) in [5, 5.41) is 2.55. The highest BCUT2D eigenvalue weighted by Gasteiger charge is 2.52. The molecule has 2 aliphatic carbocycles. The Bertz CT molecular complexity index is 3130. The molecule has 0 radical (unpaired) electrons. The minimum absolute atomic E-state index is 0.424. The van der Waals surface area contributed by atoms with Crippen LogP contribution in [0, 0.1) is 0 Å². The molecule has 266 valence electrons. The van der Waals surface area contributed by atoms with Gasteiger partial charge in [0.05, 0.1) is 16.8 Å². The van der Waals surface area contributed by atoms with Crippen LogP contribution < -0.4 is 4.90 Å². The van der Waals surface area contributed by atoms with E-state index in [0.717, 1.165) is 5.69 Å². The third kappa shape index (κ3) is 4.62. The first kappa shape index (κ1) is 32.3. The normalized spacial score (nSPS) is 13.1. The molecule has 0 aliphatic heterocycles. The van der Waals surface area contributed by atoms with Crippen LogP contribution in [0.25, 0.3) is 64.7 Å². The van der Waals surface area contributed by atoms with E-state index in [1.54, 1.807) is 0 Å². The van der Waals surface area contributed by atoms with Crippen LogP contribution in [0.4, 0.5) is 17.1 Å². The van der Waals surface area contributed by atoms with Crippen LogP contribution in [-0.4, -0.2) is 0 Å². The van der Waals surface area contributed by atoms with E-state index in [2.05, 4.69) is 217 Å². The van der Waals surface area contributed by atoms with Crippen molar-refractivity contribution in [3.8, 4) is 44.5 Å². The topological polar surface area (TPSA) is 3.24 Å². The van der Waals surface area contributed by atoms with Crippen LogP contribution in [0.5, 0.6) is 0 Å². The largest absolute Gasteiger partial charge is 0.309 e. The molecule has 12 rings (SSSR count). The summed E-state index contributed by atoms with van der Waals surface area (Å²) in [6.45, 7) is 0. The van der Waals surface area contributed by atoms with Crippen molar-refractivity contribution < 1.29 is 0 Å². The summed E-state index contributed by atoms with van der Waals surface area (Å²) in [6, 6.07) is 78.7. The predicted molar refractivity (Wildman–Crippen MR) is 241 cm³/mol. The lowest BCUT2D eigenvalue weighted by molar-refractivity contribution is 0.794. The van der Waals surface area contributed by atoms with E-state index in [0.29, 0.717) is 0 Å². The fourth-order valence-corrected chi connectivity index (χ4v) is 11.1. The number of nitrogens with zero attached hydrogens (tertiary/aromatic N) is 1. The van der Waals surface area contributed by atoms with Crippen molar-refractivity contribution in [1.82, 2.24) is 0 Å². The summed E-state index contributed by atoms with van der Waals surface area (Å²) in [7, 11) is 0. The zero-order valence-corrected chi connectivity index (χ0v) is 31.9. The van der Waals surface area contributed by atoms with E-state index in [9.17, 15) is 0 Å². The third-order valence-electron chi connectivity index (χ3n) is 12.3. The molecular weight excluding hydrogens is 707 g/mol. The monoisotopic (exact) mass is 741 g/mol. The third-order valence-corrected chi connectivity index (χ3v) is 13.4. The highest BCUT2D eigenvalue weighted by atomic mass is 32.1. The first-order chi connectivity index (χ1) is 28.3. The predicted octanol–water partition coefficient (Wildman–Crippen LogP) is 15.2. The SMILES string of the molecule is c1ccc(-c2ccc(N(c3cccc4c3-c3ccccc3C43c4ccccc4-c4ccccc43)c3cccc4sc5cc(-c6ccccc6)ccc5c34)cc2)cc1. The summed E-state index contributed by atoms with van der Waals surface area (Å²) >= 11 is 1.88. The van der Waals surface area contributed by atoms with Crippen LogP contribution in [0.15, 0.2) is 212 Å². The molecule has 0 amide bonds. The first-order valence-corrected chi connectivity index (χ1v) is 20.5. The Morgan fingerprint density at radius 3 is 1.54 bits per heavy atom. The molecular formula is C55H35NS. The summed E-state index contributed by atoms with van der Waals surface area (Å²) < 4.78 is 2.57. The van der Waals surface area contributed by atoms with Gasteiger partial charge in [-0.1, -0.05) is 176 Å². The smallest absolute Gasteiger partial charge is 0.0726 e. The Hall–Kier alpha value is -7.00. The van der Waals surface area contributed by atoms with Gasteiger partial charge in [-0.25, -0.2) is 0 Å². The molecule has 0 bridgehead atoms. The highest BCUT2D eigenvalue weighted by Crippen LogP contribution is 2.65. The van der Waals surface area contributed by atoms with E-state index in [1.165, 1.54) is 98.3 Å². The number of rotatable bonds is 5. The molecule has 2 heteroatoms. The zero-order valence-electron chi connectivity index (χ0n) is 31.1. The number of hydrogen-bond acceptors (Lipinski definition) is 2. The van der Waals surface area contributed by atoms with Gasteiger partial charge in [-0.3, -0.25) is 0 Å². The van der Waals surface area contributed by atoms with Crippen LogP contribution >= 0.6 is 11.3 Å². The lowest BCUT2D eigenvalue weighted by Gasteiger charge is -2.32. The van der Waals surface area contributed by atoms with E-state index in [-0.39, 0.29) is 0 Å². The molecule has 0 atom stereocenters.